The molecule has 1 aliphatic rings. The molecule has 84 valence electrons. The van der Waals surface area contributed by atoms with Crippen LogP contribution in [0.15, 0.2) is 12.1 Å². The summed E-state index contributed by atoms with van der Waals surface area (Å²) in [7, 11) is 0. The van der Waals surface area contributed by atoms with Gasteiger partial charge in [-0.25, -0.2) is 0 Å². The van der Waals surface area contributed by atoms with E-state index in [1.54, 1.807) is 6.07 Å². The molecule has 1 aromatic carbocycles. The molecule has 4 N–H and O–H groups in total. The summed E-state index contributed by atoms with van der Waals surface area (Å²) < 4.78 is 0. The fraction of sp³-hybridized carbons (Fsp3) is 0.273. The molecule has 16 heavy (non-hydrogen) atoms. The third-order valence-corrected chi connectivity index (χ3v) is 2.64. The fourth-order valence-corrected chi connectivity index (χ4v) is 1.85. The highest BCUT2D eigenvalue weighted by Gasteiger charge is 2.22. The molecule has 0 aromatic heterocycles. The number of nitrogens with two attached hydrogens (primary N) is 1. The van der Waals surface area contributed by atoms with Gasteiger partial charge in [0.25, 0.3) is 0 Å². The number of phenolic OH excluding ortho intramolecular Hbond substituents is 1. The van der Waals surface area contributed by atoms with Gasteiger partial charge in [-0.2, -0.15) is 0 Å². The Morgan fingerprint density at radius 1 is 1.44 bits per heavy atom. The monoisotopic (exact) mass is 220 g/mol. The van der Waals surface area contributed by atoms with Gasteiger partial charge in [-0.1, -0.05) is 0 Å². The second kappa shape index (κ2) is 3.94. The Morgan fingerprint density at radius 3 is 2.88 bits per heavy atom. The van der Waals surface area contributed by atoms with Gasteiger partial charge < -0.3 is 16.2 Å². The Morgan fingerprint density at radius 2 is 2.19 bits per heavy atom. The Balaban J connectivity index is 2.54. The largest absolute Gasteiger partial charge is 0.506 e. The summed E-state index contributed by atoms with van der Waals surface area (Å²) >= 11 is 0. The first-order valence-electron chi connectivity index (χ1n) is 5.01. The molecule has 0 spiro atoms. The van der Waals surface area contributed by atoms with Crippen molar-refractivity contribution in [1.29, 1.82) is 0 Å². The molecule has 1 aliphatic heterocycles. The van der Waals surface area contributed by atoms with E-state index in [-0.39, 0.29) is 24.0 Å². The van der Waals surface area contributed by atoms with Gasteiger partial charge in [-0.05, 0) is 24.1 Å². The van der Waals surface area contributed by atoms with Crippen LogP contribution in [-0.4, -0.2) is 23.3 Å². The second-order valence-electron chi connectivity index (χ2n) is 3.66. The molecule has 0 saturated carbocycles. The Bertz CT molecular complexity index is 469. The van der Waals surface area contributed by atoms with Crippen molar-refractivity contribution in [2.75, 3.05) is 11.9 Å². The van der Waals surface area contributed by atoms with E-state index in [0.717, 1.165) is 0 Å². The minimum Gasteiger partial charge on any atom is -0.506 e. The molecular weight excluding hydrogens is 208 g/mol. The SMILES string of the molecule is NCC(=O)c1ccc(O)c2c1CCC(=O)N2. The number of rotatable bonds is 2. The average Bonchev–Trinajstić information content (AvgIpc) is 2.29. The predicted octanol–water partition coefficient (Wildman–Crippen LogP) is 0.418. The lowest BCUT2D eigenvalue weighted by molar-refractivity contribution is -0.116. The van der Waals surface area contributed by atoms with Gasteiger partial charge in [0, 0.05) is 12.0 Å². The summed E-state index contributed by atoms with van der Waals surface area (Å²) in [5.41, 5.74) is 6.80. The number of hydrogen-bond acceptors (Lipinski definition) is 4. The van der Waals surface area contributed by atoms with Gasteiger partial charge >= 0.3 is 0 Å². The minimum atomic E-state index is -0.188. The molecule has 0 bridgehead atoms. The number of ketones is 1. The number of hydrogen-bond donors (Lipinski definition) is 3. The second-order valence-corrected chi connectivity index (χ2v) is 3.66. The van der Waals surface area contributed by atoms with Crippen molar-refractivity contribution in [2.24, 2.45) is 5.73 Å². The van der Waals surface area contributed by atoms with Gasteiger partial charge in [0.2, 0.25) is 5.91 Å². The van der Waals surface area contributed by atoms with Gasteiger partial charge in [0.05, 0.1) is 12.2 Å². The first-order chi connectivity index (χ1) is 7.63. The maximum Gasteiger partial charge on any atom is 0.224 e. The number of benzene rings is 1. The standard InChI is InChI=1S/C11H12N2O3/c12-5-9(15)6-1-3-8(14)11-7(6)2-4-10(16)13-11/h1,3,14H,2,4-5,12H2,(H,13,16). The molecule has 2 rings (SSSR count). The molecule has 5 nitrogen and oxygen atoms in total. The molecule has 5 heteroatoms. The number of phenols is 1. The minimum absolute atomic E-state index is 0.0170. The van der Waals surface area contributed by atoms with Crippen molar-refractivity contribution in [2.45, 2.75) is 12.8 Å². The van der Waals surface area contributed by atoms with Crippen molar-refractivity contribution < 1.29 is 14.7 Å². The molecule has 0 saturated heterocycles. The van der Waals surface area contributed by atoms with Crippen LogP contribution < -0.4 is 11.1 Å². The summed E-state index contributed by atoms with van der Waals surface area (Å²) in [5, 5.41) is 12.2. The van der Waals surface area contributed by atoms with Gasteiger partial charge in [-0.3, -0.25) is 9.59 Å². The molecule has 0 unspecified atom stereocenters. The summed E-state index contributed by atoms with van der Waals surface area (Å²) in [6.07, 6.45) is 0.776. The van der Waals surface area contributed by atoms with E-state index in [1.165, 1.54) is 6.07 Å². The van der Waals surface area contributed by atoms with Crippen LogP contribution in [0.3, 0.4) is 0 Å². The van der Waals surface area contributed by atoms with Crippen molar-refractivity contribution in [3.63, 3.8) is 0 Å². The lowest BCUT2D eigenvalue weighted by atomic mass is 9.94. The quantitative estimate of drug-likeness (QED) is 0.497. The van der Waals surface area contributed by atoms with E-state index in [2.05, 4.69) is 5.32 Å². The molecule has 1 amide bonds. The first kappa shape index (κ1) is 10.6. The Labute approximate surface area is 92.3 Å². The zero-order chi connectivity index (χ0) is 11.7. The zero-order valence-electron chi connectivity index (χ0n) is 8.62. The van der Waals surface area contributed by atoms with E-state index in [1.807, 2.05) is 0 Å². The highest BCUT2D eigenvalue weighted by molar-refractivity contribution is 6.04. The van der Waals surface area contributed by atoms with E-state index in [4.69, 9.17) is 5.73 Å². The molecule has 1 heterocycles. The smallest absolute Gasteiger partial charge is 0.224 e. The van der Waals surface area contributed by atoms with Gasteiger partial charge in [0.1, 0.15) is 5.75 Å². The van der Waals surface area contributed by atoms with Gasteiger partial charge in [0.15, 0.2) is 5.78 Å². The predicted molar refractivity (Wildman–Crippen MR) is 58.4 cm³/mol. The molecule has 0 aliphatic carbocycles. The van der Waals surface area contributed by atoms with Crippen LogP contribution in [0.1, 0.15) is 22.3 Å². The third-order valence-electron chi connectivity index (χ3n) is 2.64. The lowest BCUT2D eigenvalue weighted by Crippen LogP contribution is -2.23. The Hall–Kier alpha value is -1.88. The normalized spacial score (nSPS) is 14.2. The number of carbonyl (C=O) groups is 2. The van der Waals surface area contributed by atoms with Crippen LogP contribution in [0, 0.1) is 0 Å². The molecule has 0 radical (unpaired) electrons. The number of fused-ring (bicyclic) bond motifs is 1. The van der Waals surface area contributed by atoms with Crippen LogP contribution in [0.5, 0.6) is 5.75 Å². The number of carbonyl (C=O) groups excluding carboxylic acids is 2. The van der Waals surface area contributed by atoms with Crippen molar-refractivity contribution in [3.05, 3.63) is 23.3 Å². The van der Waals surface area contributed by atoms with Crippen molar-refractivity contribution >= 4 is 17.4 Å². The Kier molecular flexibility index (Phi) is 2.62. The summed E-state index contributed by atoms with van der Waals surface area (Å²) in [4.78, 5) is 22.8. The number of Topliss-reactive ketones (excluding diaryl/α,β-unsaturated/α-hetero) is 1. The zero-order valence-corrected chi connectivity index (χ0v) is 8.62. The number of amides is 1. The van der Waals surface area contributed by atoms with Crippen LogP contribution in [0.2, 0.25) is 0 Å². The highest BCUT2D eigenvalue weighted by Crippen LogP contribution is 2.34. The van der Waals surface area contributed by atoms with Crippen LogP contribution in [0.4, 0.5) is 5.69 Å². The fourth-order valence-electron chi connectivity index (χ4n) is 1.85. The topological polar surface area (TPSA) is 92.4 Å². The molecule has 0 fully saturated rings. The molecular formula is C11H12N2O3. The van der Waals surface area contributed by atoms with Crippen molar-refractivity contribution in [1.82, 2.24) is 0 Å². The summed E-state index contributed by atoms with van der Waals surface area (Å²) in [6, 6.07) is 2.94. The average molecular weight is 220 g/mol. The van der Waals surface area contributed by atoms with Gasteiger partial charge in [-0.15, -0.1) is 0 Å². The lowest BCUT2D eigenvalue weighted by Gasteiger charge is -2.20. The van der Waals surface area contributed by atoms with Crippen LogP contribution in [0.25, 0.3) is 0 Å². The van der Waals surface area contributed by atoms with E-state index in [0.29, 0.717) is 29.7 Å². The third kappa shape index (κ3) is 1.65. The number of aromatic hydroxyl groups is 1. The summed E-state index contributed by atoms with van der Waals surface area (Å²) in [5.74, 6) is -0.357. The first-order valence-corrected chi connectivity index (χ1v) is 5.01. The van der Waals surface area contributed by atoms with E-state index < -0.39 is 0 Å². The van der Waals surface area contributed by atoms with E-state index in [9.17, 15) is 14.7 Å². The summed E-state index contributed by atoms with van der Waals surface area (Å²) in [6.45, 7) is -0.0782. The molecule has 0 atom stereocenters. The molecule has 1 aromatic rings. The maximum atomic E-state index is 11.6. The van der Waals surface area contributed by atoms with Crippen LogP contribution in [-0.2, 0) is 11.2 Å². The maximum absolute atomic E-state index is 11.6. The van der Waals surface area contributed by atoms with E-state index >= 15 is 0 Å². The number of anilines is 1. The number of nitrogens with one attached hydrogen (secondary N) is 1. The van der Waals surface area contributed by atoms with Crippen molar-refractivity contribution in [3.8, 4) is 5.75 Å². The van der Waals surface area contributed by atoms with Crippen LogP contribution >= 0.6 is 0 Å². The highest BCUT2D eigenvalue weighted by atomic mass is 16.3.